The standard InChI is InChI=1S/C33H37BrN8O4/c1-32(2,38-31(43)44)19-21-20-7-3-4-10-24(20)46-33(21)12-16-40(17-13-33)30-27(34)36-26-28(37-30)42(25-11-18-45-25)39-29(26)41-15-6-8-22-23(41)9-5-14-35-22/h3-5,7,9-10,14,21,25,38H,6,8,11-13,15-19H2,1-2H3,(H,43,44)/t21-,25?/m1/s1. The van der Waals surface area contributed by atoms with Crippen LogP contribution in [-0.2, 0) is 11.2 Å². The summed E-state index contributed by atoms with van der Waals surface area (Å²) < 4.78 is 15.2. The molecule has 7 heterocycles. The summed E-state index contributed by atoms with van der Waals surface area (Å²) in [6.45, 7) is 6.83. The van der Waals surface area contributed by atoms with Crippen molar-refractivity contribution in [3.05, 3.63) is 58.5 Å². The number of amides is 1. The number of pyridine rings is 1. The molecule has 12 nitrogen and oxygen atoms in total. The Morgan fingerprint density at radius 1 is 1.13 bits per heavy atom. The van der Waals surface area contributed by atoms with E-state index in [1.54, 1.807) is 0 Å². The van der Waals surface area contributed by atoms with Crippen molar-refractivity contribution in [2.45, 2.75) is 75.7 Å². The molecule has 4 aromatic rings. The average molecular weight is 690 g/mol. The molecule has 13 heteroatoms. The number of nitrogens with zero attached hydrogens (tertiary/aromatic N) is 7. The maximum Gasteiger partial charge on any atom is 0.405 e. The summed E-state index contributed by atoms with van der Waals surface area (Å²) in [5, 5.41) is 17.3. The molecular weight excluding hydrogens is 652 g/mol. The van der Waals surface area contributed by atoms with E-state index in [0.29, 0.717) is 36.4 Å². The van der Waals surface area contributed by atoms with Crippen molar-refractivity contribution in [1.82, 2.24) is 30.0 Å². The summed E-state index contributed by atoms with van der Waals surface area (Å²) in [7, 11) is 0. The van der Waals surface area contributed by atoms with Crippen LogP contribution in [0.5, 0.6) is 5.75 Å². The van der Waals surface area contributed by atoms with Crippen LogP contribution in [0.25, 0.3) is 11.2 Å². The third-order valence-corrected chi connectivity index (χ3v) is 10.4. The molecule has 1 amide bonds. The van der Waals surface area contributed by atoms with Crippen LogP contribution < -0.4 is 19.9 Å². The number of hydrogen-bond acceptors (Lipinski definition) is 9. The van der Waals surface area contributed by atoms with E-state index in [9.17, 15) is 9.90 Å². The van der Waals surface area contributed by atoms with Crippen LogP contribution >= 0.6 is 15.9 Å². The third-order valence-electron chi connectivity index (χ3n) is 9.92. The minimum atomic E-state index is -1.02. The molecule has 2 N–H and O–H groups in total. The number of ether oxygens (including phenoxy) is 2. The van der Waals surface area contributed by atoms with Gasteiger partial charge in [-0.1, -0.05) is 18.2 Å². The van der Waals surface area contributed by atoms with Crippen molar-refractivity contribution in [3.8, 4) is 5.75 Å². The van der Waals surface area contributed by atoms with Gasteiger partial charge >= 0.3 is 6.09 Å². The fourth-order valence-electron chi connectivity index (χ4n) is 7.65. The molecule has 8 rings (SSSR count). The van der Waals surface area contributed by atoms with Crippen molar-refractivity contribution >= 4 is 50.5 Å². The molecule has 240 valence electrons. The predicted molar refractivity (Wildman–Crippen MR) is 176 cm³/mol. The zero-order chi connectivity index (χ0) is 31.6. The van der Waals surface area contributed by atoms with Gasteiger partial charge in [0.25, 0.3) is 0 Å². The van der Waals surface area contributed by atoms with E-state index in [0.717, 1.165) is 78.5 Å². The molecule has 0 bridgehead atoms. The van der Waals surface area contributed by atoms with Crippen molar-refractivity contribution in [3.63, 3.8) is 0 Å². The number of rotatable bonds is 6. The second-order valence-electron chi connectivity index (χ2n) is 13.4. The highest BCUT2D eigenvalue weighted by Gasteiger charge is 2.51. The first-order valence-electron chi connectivity index (χ1n) is 16.0. The molecular formula is C33H37BrN8O4. The van der Waals surface area contributed by atoms with Gasteiger partial charge in [-0.3, -0.25) is 4.98 Å². The van der Waals surface area contributed by atoms with Crippen LogP contribution in [0, 0.1) is 0 Å². The largest absolute Gasteiger partial charge is 0.486 e. The minimum Gasteiger partial charge on any atom is -0.486 e. The van der Waals surface area contributed by atoms with Gasteiger partial charge in [0.1, 0.15) is 16.0 Å². The number of halogens is 1. The Bertz CT molecular complexity index is 1820. The van der Waals surface area contributed by atoms with E-state index < -0.39 is 17.2 Å². The first-order chi connectivity index (χ1) is 22.2. The number of fused-ring (bicyclic) bond motifs is 3. The number of carbonyl (C=O) groups is 1. The number of carboxylic acid groups (broad SMARTS) is 1. The third kappa shape index (κ3) is 4.95. The number of benzene rings is 1. The highest BCUT2D eigenvalue weighted by atomic mass is 79.9. The van der Waals surface area contributed by atoms with E-state index in [4.69, 9.17) is 24.5 Å². The number of piperidine rings is 1. The Morgan fingerprint density at radius 2 is 1.93 bits per heavy atom. The Balaban J connectivity index is 1.11. The monoisotopic (exact) mass is 688 g/mol. The second-order valence-corrected chi connectivity index (χ2v) is 14.1. The van der Waals surface area contributed by atoms with E-state index in [2.05, 4.69) is 48.2 Å². The molecule has 2 saturated heterocycles. The lowest BCUT2D eigenvalue weighted by atomic mass is 9.72. The van der Waals surface area contributed by atoms with Crippen LogP contribution in [0.1, 0.15) is 69.4 Å². The molecule has 4 aliphatic heterocycles. The smallest absolute Gasteiger partial charge is 0.405 e. The quantitative estimate of drug-likeness (QED) is 0.251. The van der Waals surface area contributed by atoms with Gasteiger partial charge in [-0.25, -0.2) is 19.4 Å². The Labute approximate surface area is 275 Å². The van der Waals surface area contributed by atoms with Crippen LogP contribution in [-0.4, -0.2) is 73.3 Å². The van der Waals surface area contributed by atoms with Gasteiger partial charge in [-0.05, 0) is 67.2 Å². The summed E-state index contributed by atoms with van der Waals surface area (Å²) in [5.41, 5.74) is 3.66. The van der Waals surface area contributed by atoms with E-state index in [1.807, 2.05) is 49.0 Å². The minimum absolute atomic E-state index is 0.0476. The van der Waals surface area contributed by atoms with Gasteiger partial charge in [0.2, 0.25) is 0 Å². The van der Waals surface area contributed by atoms with E-state index >= 15 is 0 Å². The molecule has 46 heavy (non-hydrogen) atoms. The molecule has 1 unspecified atom stereocenters. The van der Waals surface area contributed by atoms with E-state index in [-0.39, 0.29) is 12.1 Å². The van der Waals surface area contributed by atoms with Crippen molar-refractivity contribution < 1.29 is 19.4 Å². The first-order valence-corrected chi connectivity index (χ1v) is 16.8. The lowest BCUT2D eigenvalue weighted by Crippen LogP contribution is -2.52. The maximum absolute atomic E-state index is 11.6. The normalized spacial score (nSPS) is 21.9. The van der Waals surface area contributed by atoms with Gasteiger partial charge in [0, 0.05) is 62.1 Å². The van der Waals surface area contributed by atoms with Gasteiger partial charge < -0.3 is 29.7 Å². The topological polar surface area (TPSA) is 131 Å². The van der Waals surface area contributed by atoms with Crippen molar-refractivity contribution in [2.24, 2.45) is 0 Å². The summed E-state index contributed by atoms with van der Waals surface area (Å²) >= 11 is 3.78. The van der Waals surface area contributed by atoms with Gasteiger partial charge in [-0.15, -0.1) is 5.10 Å². The zero-order valence-corrected chi connectivity index (χ0v) is 27.5. The Hall–Kier alpha value is -3.97. The van der Waals surface area contributed by atoms with Gasteiger partial charge in [-0.2, -0.15) is 0 Å². The summed E-state index contributed by atoms with van der Waals surface area (Å²) in [4.78, 5) is 31.0. The van der Waals surface area contributed by atoms with E-state index in [1.165, 1.54) is 0 Å². The Kier molecular flexibility index (Phi) is 7.09. The van der Waals surface area contributed by atoms with Crippen LogP contribution in [0.2, 0.25) is 0 Å². The molecule has 0 aliphatic carbocycles. The molecule has 2 atom stereocenters. The Morgan fingerprint density at radius 3 is 2.70 bits per heavy atom. The lowest BCUT2D eigenvalue weighted by molar-refractivity contribution is -0.104. The molecule has 1 spiro atoms. The van der Waals surface area contributed by atoms with Crippen LogP contribution in [0.15, 0.2) is 47.2 Å². The SMILES string of the molecule is CC(C)(C[C@@H]1c2ccccc2OC12CCN(c1nc3c(nc1Br)c(N1CCCc4ncccc41)nn3C1CCO1)CC2)NC(=O)O. The fraction of sp³-hybridized carbons (Fsp3) is 0.485. The molecule has 0 saturated carbocycles. The highest BCUT2D eigenvalue weighted by Crippen LogP contribution is 2.53. The molecule has 3 aromatic heterocycles. The number of anilines is 3. The van der Waals surface area contributed by atoms with Crippen LogP contribution in [0.4, 0.5) is 22.1 Å². The number of aromatic nitrogens is 5. The van der Waals surface area contributed by atoms with Crippen molar-refractivity contribution in [1.29, 1.82) is 0 Å². The number of hydrogen-bond donors (Lipinski definition) is 2. The summed E-state index contributed by atoms with van der Waals surface area (Å²) in [6.07, 6.45) is 5.60. The van der Waals surface area contributed by atoms with Gasteiger partial charge in [0.15, 0.2) is 29.0 Å². The number of aryl methyl sites for hydroxylation is 1. The second kappa shape index (κ2) is 11.1. The van der Waals surface area contributed by atoms with Crippen molar-refractivity contribution in [2.75, 3.05) is 36.0 Å². The highest BCUT2D eigenvalue weighted by molar-refractivity contribution is 9.10. The zero-order valence-electron chi connectivity index (χ0n) is 25.9. The maximum atomic E-state index is 11.6. The first kappa shape index (κ1) is 29.4. The summed E-state index contributed by atoms with van der Waals surface area (Å²) in [5.74, 6) is 2.48. The molecule has 4 aliphatic rings. The molecule has 2 fully saturated rings. The molecule has 0 radical (unpaired) electrons. The predicted octanol–water partition coefficient (Wildman–Crippen LogP) is 5.94. The summed E-state index contributed by atoms with van der Waals surface area (Å²) in [6, 6.07) is 12.2. The molecule has 1 aromatic carbocycles. The fourth-order valence-corrected chi connectivity index (χ4v) is 8.16. The number of nitrogens with one attached hydrogen (secondary N) is 1. The van der Waals surface area contributed by atoms with Gasteiger partial charge in [0.05, 0.1) is 18.0 Å². The average Bonchev–Trinajstić information content (AvgIpc) is 3.50. The lowest BCUT2D eigenvalue weighted by Gasteiger charge is -2.44. The number of para-hydroxylation sites is 1. The van der Waals surface area contributed by atoms with Crippen LogP contribution in [0.3, 0.4) is 0 Å².